The standard InChI is InChI=1S/C11H18N2O2S/c14-10-9(6-7-15-10)13-11(16)12-8-4-2-1-3-5-8/h8-9H,1-7H2,(H2,12,13,16)/t9-/m0/s1. The third-order valence-electron chi connectivity index (χ3n) is 3.18. The average molecular weight is 242 g/mol. The summed E-state index contributed by atoms with van der Waals surface area (Å²) in [5, 5.41) is 6.89. The Balaban J connectivity index is 1.72. The molecule has 2 N–H and O–H groups in total. The fourth-order valence-corrected chi connectivity index (χ4v) is 2.57. The van der Waals surface area contributed by atoms with Crippen LogP contribution in [0.1, 0.15) is 38.5 Å². The minimum atomic E-state index is -0.247. The second-order valence-electron chi connectivity index (χ2n) is 4.46. The highest BCUT2D eigenvalue weighted by molar-refractivity contribution is 7.80. The maximum atomic E-state index is 11.2. The van der Waals surface area contributed by atoms with Crippen molar-refractivity contribution in [1.29, 1.82) is 0 Å². The van der Waals surface area contributed by atoms with Crippen molar-refractivity contribution in [3.63, 3.8) is 0 Å². The van der Waals surface area contributed by atoms with Crippen molar-refractivity contribution in [2.24, 2.45) is 0 Å². The number of esters is 1. The maximum Gasteiger partial charge on any atom is 0.328 e. The Kier molecular flexibility index (Phi) is 3.98. The fraction of sp³-hybridized carbons (Fsp3) is 0.818. The summed E-state index contributed by atoms with van der Waals surface area (Å²) in [6.45, 7) is 0.503. The van der Waals surface area contributed by atoms with Gasteiger partial charge in [0, 0.05) is 12.5 Å². The van der Waals surface area contributed by atoms with Crippen molar-refractivity contribution in [2.45, 2.75) is 50.6 Å². The highest BCUT2D eigenvalue weighted by Crippen LogP contribution is 2.17. The molecule has 1 saturated heterocycles. The molecule has 16 heavy (non-hydrogen) atoms. The van der Waals surface area contributed by atoms with E-state index in [-0.39, 0.29) is 12.0 Å². The van der Waals surface area contributed by atoms with Crippen LogP contribution in [0.2, 0.25) is 0 Å². The van der Waals surface area contributed by atoms with E-state index >= 15 is 0 Å². The number of hydrogen-bond donors (Lipinski definition) is 2. The Bertz CT molecular complexity index is 277. The fourth-order valence-electron chi connectivity index (χ4n) is 2.26. The summed E-state index contributed by atoms with van der Waals surface area (Å²) in [7, 11) is 0. The van der Waals surface area contributed by atoms with Gasteiger partial charge in [-0.2, -0.15) is 0 Å². The van der Waals surface area contributed by atoms with E-state index in [0.717, 1.165) is 0 Å². The number of carbonyl (C=O) groups excluding carboxylic acids is 1. The second kappa shape index (κ2) is 5.48. The van der Waals surface area contributed by atoms with Crippen molar-refractivity contribution in [3.8, 4) is 0 Å². The van der Waals surface area contributed by atoms with Crippen LogP contribution in [0.3, 0.4) is 0 Å². The molecule has 5 heteroatoms. The maximum absolute atomic E-state index is 11.2. The van der Waals surface area contributed by atoms with Gasteiger partial charge >= 0.3 is 5.97 Å². The summed E-state index contributed by atoms with van der Waals surface area (Å²) in [5.41, 5.74) is 0. The Labute approximate surface area is 101 Å². The molecule has 0 spiro atoms. The van der Waals surface area contributed by atoms with Crippen molar-refractivity contribution < 1.29 is 9.53 Å². The van der Waals surface area contributed by atoms with Crippen LogP contribution < -0.4 is 10.6 Å². The van der Waals surface area contributed by atoms with Crippen molar-refractivity contribution in [3.05, 3.63) is 0 Å². The average Bonchev–Trinajstić information content (AvgIpc) is 2.66. The molecule has 4 nitrogen and oxygen atoms in total. The first-order valence-corrected chi connectivity index (χ1v) is 6.40. The van der Waals surface area contributed by atoms with E-state index < -0.39 is 0 Å². The summed E-state index contributed by atoms with van der Waals surface area (Å²) in [6, 6.07) is 0.231. The van der Waals surface area contributed by atoms with Gasteiger partial charge in [-0.25, -0.2) is 4.79 Å². The molecule has 2 aliphatic rings. The van der Waals surface area contributed by atoms with E-state index in [4.69, 9.17) is 17.0 Å². The van der Waals surface area contributed by atoms with Crippen LogP contribution in [0.25, 0.3) is 0 Å². The van der Waals surface area contributed by atoms with Gasteiger partial charge in [0.25, 0.3) is 0 Å². The van der Waals surface area contributed by atoms with Gasteiger partial charge in [0.1, 0.15) is 6.04 Å². The lowest BCUT2D eigenvalue weighted by atomic mass is 9.96. The first kappa shape index (κ1) is 11.6. The van der Waals surface area contributed by atoms with E-state index in [2.05, 4.69) is 10.6 Å². The first-order valence-electron chi connectivity index (χ1n) is 5.99. The van der Waals surface area contributed by atoms with E-state index in [1.807, 2.05) is 0 Å². The van der Waals surface area contributed by atoms with Crippen LogP contribution in [-0.2, 0) is 9.53 Å². The molecule has 0 aromatic rings. The third-order valence-corrected chi connectivity index (χ3v) is 3.42. The van der Waals surface area contributed by atoms with Crippen molar-refractivity contribution in [1.82, 2.24) is 10.6 Å². The Morgan fingerprint density at radius 3 is 2.56 bits per heavy atom. The number of nitrogens with one attached hydrogen (secondary N) is 2. The van der Waals surface area contributed by atoms with Crippen LogP contribution in [-0.4, -0.2) is 29.8 Å². The van der Waals surface area contributed by atoms with Gasteiger partial charge in [0.05, 0.1) is 6.61 Å². The molecule has 0 amide bonds. The number of hydrogen-bond acceptors (Lipinski definition) is 3. The lowest BCUT2D eigenvalue weighted by molar-refractivity contribution is -0.139. The molecule has 0 radical (unpaired) electrons. The molecule has 1 aliphatic heterocycles. The van der Waals surface area contributed by atoms with Crippen LogP contribution in [0.5, 0.6) is 0 Å². The van der Waals surface area contributed by atoms with Gasteiger partial charge in [-0.15, -0.1) is 0 Å². The molecule has 1 heterocycles. The molecular formula is C11H18N2O2S. The predicted molar refractivity (Wildman–Crippen MR) is 65.1 cm³/mol. The van der Waals surface area contributed by atoms with Crippen LogP contribution in [0, 0.1) is 0 Å². The molecule has 1 atom stereocenters. The minimum Gasteiger partial charge on any atom is -0.464 e. The molecule has 0 aromatic carbocycles. The van der Waals surface area contributed by atoms with Gasteiger partial charge < -0.3 is 15.4 Å². The van der Waals surface area contributed by atoms with E-state index in [9.17, 15) is 4.79 Å². The smallest absolute Gasteiger partial charge is 0.328 e. The van der Waals surface area contributed by atoms with Gasteiger partial charge in [-0.05, 0) is 25.1 Å². The van der Waals surface area contributed by atoms with E-state index in [1.54, 1.807) is 0 Å². The van der Waals surface area contributed by atoms with Crippen molar-refractivity contribution >= 4 is 23.3 Å². The lowest BCUT2D eigenvalue weighted by Crippen LogP contribution is -2.47. The SMILES string of the molecule is O=C1OCC[C@@H]1NC(=S)NC1CCCCC1. The Hall–Kier alpha value is -0.840. The molecule has 90 valence electrons. The zero-order valence-corrected chi connectivity index (χ0v) is 10.1. The molecule has 0 aromatic heterocycles. The number of carbonyl (C=O) groups is 1. The number of thiocarbonyl (C=S) groups is 1. The number of rotatable bonds is 2. The summed E-state index contributed by atoms with van der Waals surface area (Å²) in [4.78, 5) is 11.2. The minimum absolute atomic E-state index is 0.187. The summed E-state index contributed by atoms with van der Waals surface area (Å²) in [6.07, 6.45) is 6.93. The lowest BCUT2D eigenvalue weighted by Gasteiger charge is -2.25. The first-order chi connectivity index (χ1) is 7.75. The summed E-state index contributed by atoms with van der Waals surface area (Å²) >= 11 is 5.19. The largest absolute Gasteiger partial charge is 0.464 e. The highest BCUT2D eigenvalue weighted by Gasteiger charge is 2.27. The number of cyclic esters (lactones) is 1. The quantitative estimate of drug-likeness (QED) is 0.561. The van der Waals surface area contributed by atoms with Gasteiger partial charge in [-0.3, -0.25) is 0 Å². The molecule has 2 fully saturated rings. The molecule has 1 aliphatic carbocycles. The monoisotopic (exact) mass is 242 g/mol. The van der Waals surface area contributed by atoms with Gasteiger partial charge in [-0.1, -0.05) is 19.3 Å². The topological polar surface area (TPSA) is 50.4 Å². The second-order valence-corrected chi connectivity index (χ2v) is 4.87. The number of ether oxygens (including phenoxy) is 1. The zero-order chi connectivity index (χ0) is 11.4. The van der Waals surface area contributed by atoms with Gasteiger partial charge in [0.2, 0.25) is 0 Å². The van der Waals surface area contributed by atoms with Crippen LogP contribution in [0.4, 0.5) is 0 Å². The molecule has 2 rings (SSSR count). The van der Waals surface area contributed by atoms with E-state index in [0.29, 0.717) is 24.2 Å². The van der Waals surface area contributed by atoms with Crippen LogP contribution >= 0.6 is 12.2 Å². The molecule has 1 saturated carbocycles. The predicted octanol–water partition coefficient (Wildman–Crippen LogP) is 1.10. The zero-order valence-electron chi connectivity index (χ0n) is 9.33. The Morgan fingerprint density at radius 1 is 1.19 bits per heavy atom. The summed E-state index contributed by atoms with van der Waals surface area (Å²) in [5.74, 6) is -0.187. The van der Waals surface area contributed by atoms with E-state index in [1.165, 1.54) is 32.1 Å². The normalized spacial score (nSPS) is 26.2. The third kappa shape index (κ3) is 3.07. The molecular weight excluding hydrogens is 224 g/mol. The van der Waals surface area contributed by atoms with Crippen LogP contribution in [0.15, 0.2) is 0 Å². The summed E-state index contributed by atoms with van der Waals surface area (Å²) < 4.78 is 4.87. The van der Waals surface area contributed by atoms with Crippen molar-refractivity contribution in [2.75, 3.05) is 6.61 Å². The van der Waals surface area contributed by atoms with Gasteiger partial charge in [0.15, 0.2) is 5.11 Å². The Morgan fingerprint density at radius 2 is 1.94 bits per heavy atom. The molecule has 0 unspecified atom stereocenters. The molecule has 0 bridgehead atoms. The highest BCUT2D eigenvalue weighted by atomic mass is 32.1.